The molecule has 0 saturated carbocycles. The van der Waals surface area contributed by atoms with Gasteiger partial charge in [0, 0.05) is 7.05 Å². The second-order valence-corrected chi connectivity index (χ2v) is 3.23. The zero-order valence-electron chi connectivity index (χ0n) is 9.16. The van der Waals surface area contributed by atoms with Crippen LogP contribution in [0, 0.1) is 6.92 Å². The highest BCUT2D eigenvalue weighted by Crippen LogP contribution is 2.05. The average molecular weight is 233 g/mol. The fourth-order valence-electron chi connectivity index (χ4n) is 1.14. The third-order valence-electron chi connectivity index (χ3n) is 2.02. The summed E-state index contributed by atoms with van der Waals surface area (Å²) in [5.41, 5.74) is 0. The van der Waals surface area contributed by atoms with Gasteiger partial charge < -0.3 is 9.73 Å². The summed E-state index contributed by atoms with van der Waals surface area (Å²) < 4.78 is 5.35. The van der Waals surface area contributed by atoms with Crippen LogP contribution in [0.4, 0.5) is 0 Å². The molecular formula is C10H17ClN2O2. The molecule has 4 nitrogen and oxygen atoms in total. The maximum absolute atomic E-state index is 11.1. The number of rotatable bonds is 4. The molecule has 15 heavy (non-hydrogen) atoms. The maximum Gasteiger partial charge on any atom is 0.236 e. The number of aryl methyl sites for hydroxylation is 1. The molecule has 0 unspecified atom stereocenters. The van der Waals surface area contributed by atoms with Crippen molar-refractivity contribution in [3.05, 3.63) is 23.7 Å². The van der Waals surface area contributed by atoms with Crippen molar-refractivity contribution in [3.8, 4) is 0 Å². The van der Waals surface area contributed by atoms with Crippen molar-refractivity contribution in [2.75, 3.05) is 7.05 Å². The number of amides is 1. The van der Waals surface area contributed by atoms with Gasteiger partial charge in [-0.2, -0.15) is 0 Å². The normalized spacial score (nSPS) is 11.7. The molecule has 1 rings (SSSR count). The molecule has 1 heterocycles. The van der Waals surface area contributed by atoms with Crippen LogP contribution < -0.4 is 10.6 Å². The first-order valence-electron chi connectivity index (χ1n) is 4.63. The molecule has 0 aliphatic heterocycles. The van der Waals surface area contributed by atoms with Crippen LogP contribution in [0.25, 0.3) is 0 Å². The molecule has 0 aliphatic rings. The fourth-order valence-corrected chi connectivity index (χ4v) is 1.14. The minimum atomic E-state index is -0.203. The summed E-state index contributed by atoms with van der Waals surface area (Å²) in [4.78, 5) is 11.1. The third-order valence-corrected chi connectivity index (χ3v) is 2.02. The monoisotopic (exact) mass is 232 g/mol. The van der Waals surface area contributed by atoms with Crippen molar-refractivity contribution >= 4 is 18.3 Å². The summed E-state index contributed by atoms with van der Waals surface area (Å²) in [6.45, 7) is 4.28. The summed E-state index contributed by atoms with van der Waals surface area (Å²) in [6, 6.07) is 3.60. The Balaban J connectivity index is 0.00000196. The molecule has 0 fully saturated rings. The molecule has 2 N–H and O–H groups in total. The van der Waals surface area contributed by atoms with Crippen molar-refractivity contribution in [2.45, 2.75) is 26.4 Å². The highest BCUT2D eigenvalue weighted by molar-refractivity contribution is 5.85. The molecule has 0 saturated heterocycles. The lowest BCUT2D eigenvalue weighted by atomic mass is 10.3. The quantitative estimate of drug-likeness (QED) is 0.821. The lowest BCUT2D eigenvalue weighted by molar-refractivity contribution is -0.122. The Morgan fingerprint density at radius 2 is 2.20 bits per heavy atom. The summed E-state index contributed by atoms with van der Waals surface area (Å²) in [7, 11) is 1.62. The molecular weight excluding hydrogens is 216 g/mol. The van der Waals surface area contributed by atoms with E-state index in [0.29, 0.717) is 6.54 Å². The zero-order chi connectivity index (χ0) is 10.6. The Morgan fingerprint density at radius 1 is 1.53 bits per heavy atom. The van der Waals surface area contributed by atoms with Crippen LogP contribution in [0.2, 0.25) is 0 Å². The molecule has 86 valence electrons. The summed E-state index contributed by atoms with van der Waals surface area (Å²) in [6.07, 6.45) is 0. The van der Waals surface area contributed by atoms with Gasteiger partial charge in [-0.15, -0.1) is 12.4 Å². The maximum atomic E-state index is 11.1. The second kappa shape index (κ2) is 6.48. The van der Waals surface area contributed by atoms with Gasteiger partial charge in [-0.25, -0.2) is 0 Å². The van der Waals surface area contributed by atoms with Crippen LogP contribution in [0.1, 0.15) is 18.4 Å². The molecule has 0 aromatic carbocycles. The Hall–Kier alpha value is -1.00. The highest BCUT2D eigenvalue weighted by Gasteiger charge is 2.10. The Labute approximate surface area is 95.8 Å². The van der Waals surface area contributed by atoms with E-state index >= 15 is 0 Å². The number of hydrogen-bond donors (Lipinski definition) is 2. The van der Waals surface area contributed by atoms with Crippen LogP contribution in [0.5, 0.6) is 0 Å². The Morgan fingerprint density at radius 3 is 2.67 bits per heavy atom. The first-order chi connectivity index (χ1) is 6.63. The van der Waals surface area contributed by atoms with E-state index in [0.717, 1.165) is 11.5 Å². The van der Waals surface area contributed by atoms with Gasteiger partial charge in [-0.1, -0.05) is 0 Å². The molecule has 1 aromatic heterocycles. The van der Waals surface area contributed by atoms with Gasteiger partial charge in [0.1, 0.15) is 11.5 Å². The SMILES string of the molecule is CNC(=O)[C@@H](C)NCc1ccc(C)o1.Cl. The van der Waals surface area contributed by atoms with Crippen LogP contribution in [0.3, 0.4) is 0 Å². The number of hydrogen-bond acceptors (Lipinski definition) is 3. The van der Waals surface area contributed by atoms with Gasteiger partial charge in [0.15, 0.2) is 0 Å². The molecule has 1 atom stereocenters. The number of carbonyl (C=O) groups excluding carboxylic acids is 1. The summed E-state index contributed by atoms with van der Waals surface area (Å²) in [5.74, 6) is 1.71. The summed E-state index contributed by atoms with van der Waals surface area (Å²) >= 11 is 0. The number of halogens is 1. The van der Waals surface area contributed by atoms with Crippen LogP contribution in [-0.4, -0.2) is 19.0 Å². The molecule has 0 radical (unpaired) electrons. The first kappa shape index (κ1) is 14.0. The van der Waals surface area contributed by atoms with E-state index in [9.17, 15) is 4.79 Å². The smallest absolute Gasteiger partial charge is 0.236 e. The summed E-state index contributed by atoms with van der Waals surface area (Å²) in [5, 5.41) is 5.63. The van der Waals surface area contributed by atoms with E-state index in [1.54, 1.807) is 7.05 Å². The van der Waals surface area contributed by atoms with Crippen molar-refractivity contribution in [1.82, 2.24) is 10.6 Å². The standard InChI is InChI=1S/C10H16N2O2.ClH/c1-7-4-5-9(14-7)6-12-8(2)10(13)11-3;/h4-5,8,12H,6H2,1-3H3,(H,11,13);1H/t8-;/m1./s1. The third kappa shape index (κ3) is 4.36. The zero-order valence-corrected chi connectivity index (χ0v) is 9.98. The topological polar surface area (TPSA) is 54.3 Å². The number of carbonyl (C=O) groups is 1. The van der Waals surface area contributed by atoms with E-state index in [-0.39, 0.29) is 24.4 Å². The minimum Gasteiger partial charge on any atom is -0.465 e. The Kier molecular flexibility index (Phi) is 6.05. The second-order valence-electron chi connectivity index (χ2n) is 3.23. The first-order valence-corrected chi connectivity index (χ1v) is 4.63. The van der Waals surface area contributed by atoms with Crippen LogP contribution >= 0.6 is 12.4 Å². The van der Waals surface area contributed by atoms with Gasteiger partial charge in [0.2, 0.25) is 5.91 Å². The van der Waals surface area contributed by atoms with Gasteiger partial charge in [-0.05, 0) is 26.0 Å². The lowest BCUT2D eigenvalue weighted by Gasteiger charge is -2.10. The largest absolute Gasteiger partial charge is 0.465 e. The molecule has 0 aliphatic carbocycles. The highest BCUT2D eigenvalue weighted by atomic mass is 35.5. The van der Waals surface area contributed by atoms with E-state index < -0.39 is 0 Å². The average Bonchev–Trinajstić information content (AvgIpc) is 2.59. The van der Waals surface area contributed by atoms with Gasteiger partial charge in [-0.3, -0.25) is 10.1 Å². The van der Waals surface area contributed by atoms with Gasteiger partial charge in [0.05, 0.1) is 12.6 Å². The molecule has 0 bridgehead atoms. The van der Waals surface area contributed by atoms with Gasteiger partial charge >= 0.3 is 0 Å². The number of nitrogens with one attached hydrogen (secondary N) is 2. The number of furan rings is 1. The van der Waals surface area contributed by atoms with Crippen molar-refractivity contribution in [3.63, 3.8) is 0 Å². The van der Waals surface area contributed by atoms with Crippen LogP contribution in [-0.2, 0) is 11.3 Å². The van der Waals surface area contributed by atoms with Crippen molar-refractivity contribution in [2.24, 2.45) is 0 Å². The molecule has 5 heteroatoms. The molecule has 0 spiro atoms. The lowest BCUT2D eigenvalue weighted by Crippen LogP contribution is -2.40. The molecule has 1 aromatic rings. The van der Waals surface area contributed by atoms with E-state index in [4.69, 9.17) is 4.42 Å². The number of likely N-dealkylation sites (N-methyl/N-ethyl adjacent to an activating group) is 1. The fraction of sp³-hybridized carbons (Fsp3) is 0.500. The van der Waals surface area contributed by atoms with Crippen molar-refractivity contribution < 1.29 is 9.21 Å². The van der Waals surface area contributed by atoms with Crippen molar-refractivity contribution in [1.29, 1.82) is 0 Å². The predicted octanol–water partition coefficient (Wildman–Crippen LogP) is 1.23. The van der Waals surface area contributed by atoms with Gasteiger partial charge in [0.25, 0.3) is 0 Å². The predicted molar refractivity (Wildman–Crippen MR) is 61.1 cm³/mol. The van der Waals surface area contributed by atoms with E-state index in [1.165, 1.54) is 0 Å². The van der Waals surface area contributed by atoms with E-state index in [1.807, 2.05) is 26.0 Å². The van der Waals surface area contributed by atoms with E-state index in [2.05, 4.69) is 10.6 Å². The molecule has 1 amide bonds. The van der Waals surface area contributed by atoms with Crippen LogP contribution in [0.15, 0.2) is 16.5 Å². The Bertz CT molecular complexity index is 312. The minimum absolute atomic E-state index is 0.